The molecule has 156 valence electrons. The lowest BCUT2D eigenvalue weighted by atomic mass is 10.0. The van der Waals surface area contributed by atoms with Crippen molar-refractivity contribution in [2.24, 2.45) is 4.99 Å². The van der Waals surface area contributed by atoms with E-state index in [1.807, 2.05) is 0 Å². The number of aliphatic imine (C=N–C) groups is 1. The van der Waals surface area contributed by atoms with Crippen LogP contribution in [-0.4, -0.2) is 18.3 Å². The summed E-state index contributed by atoms with van der Waals surface area (Å²) in [4.78, 5) is 7.82. The molecule has 0 unspecified atom stereocenters. The first-order valence-corrected chi connectivity index (χ1v) is 8.50. The summed E-state index contributed by atoms with van der Waals surface area (Å²) in [6.45, 7) is 0. The quantitative estimate of drug-likeness (QED) is 0.352. The second-order valence-electron chi connectivity index (χ2n) is 6.19. The molecule has 0 bridgehead atoms. The van der Waals surface area contributed by atoms with Gasteiger partial charge in [0, 0.05) is 29.7 Å². The van der Waals surface area contributed by atoms with Gasteiger partial charge in [-0.15, -0.1) is 0 Å². The largest absolute Gasteiger partial charge is 0.496 e. The van der Waals surface area contributed by atoms with Crippen molar-refractivity contribution in [2.45, 2.75) is 12.4 Å². The summed E-state index contributed by atoms with van der Waals surface area (Å²) in [5, 5.41) is 0. The lowest BCUT2D eigenvalue weighted by Gasteiger charge is -2.13. The van der Waals surface area contributed by atoms with E-state index in [9.17, 15) is 26.3 Å². The van der Waals surface area contributed by atoms with Crippen LogP contribution < -0.4 is 4.74 Å². The predicted molar refractivity (Wildman–Crippen MR) is 99.9 cm³/mol. The minimum atomic E-state index is -4.94. The molecule has 0 amide bonds. The van der Waals surface area contributed by atoms with E-state index < -0.39 is 29.2 Å². The highest BCUT2D eigenvalue weighted by atomic mass is 19.4. The molecule has 3 rings (SSSR count). The number of rotatable bonds is 4. The summed E-state index contributed by atoms with van der Waals surface area (Å²) in [7, 11) is 1.48. The maximum Gasteiger partial charge on any atom is 0.416 e. The normalized spacial score (nSPS) is 12.4. The van der Waals surface area contributed by atoms with Crippen molar-refractivity contribution in [1.82, 2.24) is 4.98 Å². The van der Waals surface area contributed by atoms with E-state index in [1.54, 1.807) is 30.3 Å². The van der Waals surface area contributed by atoms with Crippen LogP contribution in [0, 0.1) is 0 Å². The van der Waals surface area contributed by atoms with Crippen LogP contribution in [0.2, 0.25) is 0 Å². The molecule has 0 aliphatic heterocycles. The number of methoxy groups -OCH3 is 1. The number of alkyl halides is 6. The Morgan fingerprint density at radius 2 is 1.50 bits per heavy atom. The van der Waals surface area contributed by atoms with Gasteiger partial charge in [0.2, 0.25) is 0 Å². The van der Waals surface area contributed by atoms with Gasteiger partial charge in [-0.25, -0.2) is 0 Å². The lowest BCUT2D eigenvalue weighted by Crippen LogP contribution is -2.10. The van der Waals surface area contributed by atoms with E-state index in [-0.39, 0.29) is 6.07 Å². The van der Waals surface area contributed by atoms with E-state index in [0.29, 0.717) is 34.6 Å². The Kier molecular flexibility index (Phi) is 5.82. The second-order valence-corrected chi connectivity index (χ2v) is 6.19. The van der Waals surface area contributed by atoms with E-state index in [2.05, 4.69) is 9.98 Å². The average Bonchev–Trinajstić information content (AvgIpc) is 2.71. The van der Waals surface area contributed by atoms with E-state index in [0.717, 1.165) is 0 Å². The summed E-state index contributed by atoms with van der Waals surface area (Å²) in [5.41, 5.74) is -1.67. The Bertz CT molecular complexity index is 1040. The number of aromatic nitrogens is 1. The van der Waals surface area contributed by atoms with Crippen molar-refractivity contribution < 1.29 is 31.1 Å². The first-order chi connectivity index (χ1) is 14.1. The third-order valence-corrected chi connectivity index (χ3v) is 4.17. The number of ether oxygens (including phenoxy) is 1. The third kappa shape index (κ3) is 4.79. The number of pyridine rings is 1. The highest BCUT2D eigenvalue weighted by molar-refractivity contribution is 5.92. The van der Waals surface area contributed by atoms with E-state index >= 15 is 0 Å². The third-order valence-electron chi connectivity index (χ3n) is 4.17. The van der Waals surface area contributed by atoms with Crippen LogP contribution in [0.15, 0.2) is 65.9 Å². The molecule has 0 saturated heterocycles. The van der Waals surface area contributed by atoms with Crippen LogP contribution in [-0.2, 0) is 12.4 Å². The number of para-hydroxylation sites is 1. The van der Waals surface area contributed by atoms with Crippen LogP contribution in [0.1, 0.15) is 16.7 Å². The average molecular weight is 424 g/mol. The van der Waals surface area contributed by atoms with Crippen LogP contribution in [0.5, 0.6) is 5.75 Å². The first-order valence-electron chi connectivity index (χ1n) is 8.50. The molecule has 2 aromatic carbocycles. The maximum atomic E-state index is 13.0. The van der Waals surface area contributed by atoms with Crippen molar-refractivity contribution >= 4 is 11.9 Å². The standard InChI is InChI=1S/C21H14F6N2O/c1-30-19-5-3-2-4-18(19)17-6-7-28-11-13(17)12-29-16-9-14(20(22,23)24)8-15(10-16)21(25,26)27/h2-12H,1H3/b29-12+. The van der Waals surface area contributed by atoms with Gasteiger partial charge in [-0.3, -0.25) is 9.98 Å². The van der Waals surface area contributed by atoms with E-state index in [4.69, 9.17) is 4.74 Å². The Morgan fingerprint density at radius 3 is 2.10 bits per heavy atom. The molecule has 1 heterocycles. The van der Waals surface area contributed by atoms with Gasteiger partial charge in [0.05, 0.1) is 23.9 Å². The molecular weight excluding hydrogens is 410 g/mol. The molecule has 0 aliphatic rings. The SMILES string of the molecule is COc1ccccc1-c1ccncc1/C=N/c1cc(C(F)(F)F)cc(C(F)(F)F)c1. The molecule has 30 heavy (non-hydrogen) atoms. The van der Waals surface area contributed by atoms with Gasteiger partial charge in [0.25, 0.3) is 0 Å². The Balaban J connectivity index is 2.07. The number of hydrogen-bond donors (Lipinski definition) is 0. The molecule has 0 radical (unpaired) electrons. The molecule has 0 fully saturated rings. The molecule has 3 nitrogen and oxygen atoms in total. The number of nitrogens with zero attached hydrogens (tertiary/aromatic N) is 2. The second kappa shape index (κ2) is 8.17. The number of hydrogen-bond acceptors (Lipinski definition) is 3. The zero-order chi connectivity index (χ0) is 21.9. The van der Waals surface area contributed by atoms with Gasteiger partial charge in [0.15, 0.2) is 0 Å². The molecule has 0 aliphatic carbocycles. The van der Waals surface area contributed by atoms with Crippen LogP contribution in [0.3, 0.4) is 0 Å². The Hall–Kier alpha value is -3.36. The van der Waals surface area contributed by atoms with Gasteiger partial charge < -0.3 is 4.74 Å². The summed E-state index contributed by atoms with van der Waals surface area (Å²) in [6, 6.07) is 9.84. The van der Waals surface area contributed by atoms with Crippen molar-refractivity contribution in [3.8, 4) is 16.9 Å². The summed E-state index contributed by atoms with van der Waals surface area (Å²) in [6.07, 6.45) is -5.80. The summed E-state index contributed by atoms with van der Waals surface area (Å²) in [5.74, 6) is 0.539. The molecule has 0 atom stereocenters. The highest BCUT2D eigenvalue weighted by Crippen LogP contribution is 2.38. The topological polar surface area (TPSA) is 34.5 Å². The molecule has 1 aromatic heterocycles. The number of benzene rings is 2. The van der Waals surface area contributed by atoms with Gasteiger partial charge >= 0.3 is 12.4 Å². The molecule has 3 aromatic rings. The van der Waals surface area contributed by atoms with Crippen molar-refractivity contribution in [3.63, 3.8) is 0 Å². The summed E-state index contributed by atoms with van der Waals surface area (Å²) >= 11 is 0. The fourth-order valence-electron chi connectivity index (χ4n) is 2.78. The van der Waals surface area contributed by atoms with E-state index in [1.165, 1.54) is 25.7 Å². The summed E-state index contributed by atoms with van der Waals surface area (Å²) < 4.78 is 83.5. The van der Waals surface area contributed by atoms with Crippen molar-refractivity contribution in [2.75, 3.05) is 7.11 Å². The Morgan fingerprint density at radius 1 is 0.867 bits per heavy atom. The minimum absolute atomic E-state index is 0.0589. The highest BCUT2D eigenvalue weighted by Gasteiger charge is 2.36. The predicted octanol–water partition coefficient (Wildman–Crippen LogP) is 6.55. The van der Waals surface area contributed by atoms with Crippen LogP contribution in [0.4, 0.5) is 32.0 Å². The lowest BCUT2D eigenvalue weighted by molar-refractivity contribution is -0.143. The Labute approximate surface area is 167 Å². The zero-order valence-electron chi connectivity index (χ0n) is 15.4. The number of halogens is 6. The van der Waals surface area contributed by atoms with Gasteiger partial charge in [-0.2, -0.15) is 26.3 Å². The maximum absolute atomic E-state index is 13.0. The molecule has 9 heteroatoms. The molecule has 0 saturated carbocycles. The molecular formula is C21H14F6N2O. The van der Waals surface area contributed by atoms with Gasteiger partial charge in [-0.05, 0) is 35.9 Å². The van der Waals surface area contributed by atoms with Crippen molar-refractivity contribution in [1.29, 1.82) is 0 Å². The smallest absolute Gasteiger partial charge is 0.416 e. The minimum Gasteiger partial charge on any atom is -0.496 e. The zero-order valence-corrected chi connectivity index (χ0v) is 15.4. The molecule has 0 N–H and O–H groups in total. The van der Waals surface area contributed by atoms with Gasteiger partial charge in [0.1, 0.15) is 5.75 Å². The van der Waals surface area contributed by atoms with Crippen LogP contribution in [0.25, 0.3) is 11.1 Å². The fraction of sp³-hybridized carbons (Fsp3) is 0.143. The van der Waals surface area contributed by atoms with Gasteiger partial charge in [-0.1, -0.05) is 18.2 Å². The van der Waals surface area contributed by atoms with Crippen LogP contribution >= 0.6 is 0 Å². The first kappa shape index (κ1) is 21.4. The monoisotopic (exact) mass is 424 g/mol. The fourth-order valence-corrected chi connectivity index (χ4v) is 2.78. The van der Waals surface area contributed by atoms with Crippen molar-refractivity contribution in [3.05, 3.63) is 77.6 Å². The molecule has 0 spiro atoms.